The molecule has 17 heavy (non-hydrogen) atoms. The second-order valence-electron chi connectivity index (χ2n) is 3.39. The number of thiophene rings is 2. The number of hydrogen-bond donors (Lipinski definition) is 1. The zero-order valence-electron chi connectivity index (χ0n) is 8.89. The van der Waals surface area contributed by atoms with Crippen molar-refractivity contribution >= 4 is 38.9 Å². The monoisotopic (exact) mass is 264 g/mol. The first-order chi connectivity index (χ1) is 8.29. The predicted octanol–water partition coefficient (Wildman–Crippen LogP) is 3.14. The number of hydrogen-bond acceptors (Lipinski definition) is 5. The largest absolute Gasteiger partial charge is 0.465 e. The minimum atomic E-state index is -0.309. The summed E-state index contributed by atoms with van der Waals surface area (Å²) in [7, 11) is 1.38. The third kappa shape index (κ3) is 1.65. The van der Waals surface area contributed by atoms with Crippen molar-refractivity contribution in [3.8, 4) is 10.6 Å². The molecule has 0 aliphatic carbocycles. The number of methoxy groups -OCH3 is 1. The van der Waals surface area contributed by atoms with Crippen molar-refractivity contribution in [1.82, 2.24) is 10.2 Å². The lowest BCUT2D eigenvalue weighted by molar-refractivity contribution is 0.0606. The van der Waals surface area contributed by atoms with E-state index in [0.29, 0.717) is 4.88 Å². The highest BCUT2D eigenvalue weighted by atomic mass is 32.1. The highest BCUT2D eigenvalue weighted by molar-refractivity contribution is 7.22. The molecular formula is C11H8N2O2S2. The fourth-order valence-corrected chi connectivity index (χ4v) is 3.41. The van der Waals surface area contributed by atoms with Gasteiger partial charge in [-0.15, -0.1) is 22.7 Å². The van der Waals surface area contributed by atoms with Crippen molar-refractivity contribution in [3.05, 3.63) is 28.5 Å². The molecule has 3 aromatic rings. The molecule has 0 amide bonds. The van der Waals surface area contributed by atoms with Crippen LogP contribution in [0.4, 0.5) is 0 Å². The van der Waals surface area contributed by atoms with Gasteiger partial charge in [0.25, 0.3) is 0 Å². The van der Waals surface area contributed by atoms with E-state index >= 15 is 0 Å². The van der Waals surface area contributed by atoms with Gasteiger partial charge in [-0.3, -0.25) is 5.10 Å². The van der Waals surface area contributed by atoms with Gasteiger partial charge in [0, 0.05) is 0 Å². The Morgan fingerprint density at radius 3 is 3.12 bits per heavy atom. The molecule has 0 saturated carbocycles. The van der Waals surface area contributed by atoms with Crippen LogP contribution >= 0.6 is 22.7 Å². The van der Waals surface area contributed by atoms with Crippen LogP contribution in [0.15, 0.2) is 23.6 Å². The summed E-state index contributed by atoms with van der Waals surface area (Å²) < 4.78 is 5.70. The lowest BCUT2D eigenvalue weighted by Gasteiger charge is -1.92. The van der Waals surface area contributed by atoms with Gasteiger partial charge in [0.2, 0.25) is 0 Å². The molecule has 1 N–H and O–H groups in total. The Morgan fingerprint density at radius 1 is 1.53 bits per heavy atom. The van der Waals surface area contributed by atoms with Crippen molar-refractivity contribution in [3.63, 3.8) is 0 Å². The van der Waals surface area contributed by atoms with E-state index in [4.69, 9.17) is 4.74 Å². The van der Waals surface area contributed by atoms with E-state index in [-0.39, 0.29) is 5.97 Å². The SMILES string of the molecule is COC(=O)c1cc2[nH]nc(-c3cccs3)c2s1. The molecule has 3 heterocycles. The van der Waals surface area contributed by atoms with Gasteiger partial charge in [-0.1, -0.05) is 6.07 Å². The first-order valence-corrected chi connectivity index (χ1v) is 6.59. The number of nitrogens with zero attached hydrogens (tertiary/aromatic N) is 1. The van der Waals surface area contributed by atoms with E-state index in [1.807, 2.05) is 17.5 Å². The number of H-pyrrole nitrogens is 1. The summed E-state index contributed by atoms with van der Waals surface area (Å²) >= 11 is 3.03. The van der Waals surface area contributed by atoms with Crippen LogP contribution < -0.4 is 0 Å². The van der Waals surface area contributed by atoms with Gasteiger partial charge >= 0.3 is 5.97 Å². The smallest absolute Gasteiger partial charge is 0.348 e. The van der Waals surface area contributed by atoms with Crippen molar-refractivity contribution in [1.29, 1.82) is 0 Å². The number of carbonyl (C=O) groups excluding carboxylic acids is 1. The number of aromatic nitrogens is 2. The van der Waals surface area contributed by atoms with Crippen molar-refractivity contribution < 1.29 is 9.53 Å². The van der Waals surface area contributed by atoms with E-state index in [0.717, 1.165) is 20.8 Å². The number of carbonyl (C=O) groups is 1. The van der Waals surface area contributed by atoms with Crippen LogP contribution in [-0.2, 0) is 4.74 Å². The molecule has 6 heteroatoms. The van der Waals surface area contributed by atoms with Crippen LogP contribution in [0.3, 0.4) is 0 Å². The molecule has 3 aromatic heterocycles. The maximum Gasteiger partial charge on any atom is 0.348 e. The molecule has 0 saturated heterocycles. The Bertz CT molecular complexity index is 667. The number of ether oxygens (including phenoxy) is 1. The molecular weight excluding hydrogens is 256 g/mol. The van der Waals surface area contributed by atoms with Crippen LogP contribution in [0, 0.1) is 0 Å². The lowest BCUT2D eigenvalue weighted by atomic mass is 10.3. The number of esters is 1. The number of rotatable bonds is 2. The van der Waals surface area contributed by atoms with Gasteiger partial charge in [0.1, 0.15) is 10.6 Å². The quantitative estimate of drug-likeness (QED) is 0.723. The van der Waals surface area contributed by atoms with E-state index < -0.39 is 0 Å². The zero-order chi connectivity index (χ0) is 11.8. The summed E-state index contributed by atoms with van der Waals surface area (Å²) in [5.74, 6) is -0.309. The summed E-state index contributed by atoms with van der Waals surface area (Å²) in [6, 6.07) is 5.77. The fourth-order valence-electron chi connectivity index (χ4n) is 1.60. The Balaban J connectivity index is 2.15. The second kappa shape index (κ2) is 3.97. The predicted molar refractivity (Wildman–Crippen MR) is 68.6 cm³/mol. The molecule has 0 atom stereocenters. The topological polar surface area (TPSA) is 55.0 Å². The van der Waals surface area contributed by atoms with E-state index in [9.17, 15) is 4.79 Å². The van der Waals surface area contributed by atoms with E-state index in [2.05, 4.69) is 10.2 Å². The van der Waals surface area contributed by atoms with E-state index in [1.165, 1.54) is 18.4 Å². The summed E-state index contributed by atoms with van der Waals surface area (Å²) in [4.78, 5) is 13.1. The number of fused-ring (bicyclic) bond motifs is 1. The van der Waals surface area contributed by atoms with Crippen molar-refractivity contribution in [2.24, 2.45) is 0 Å². The highest BCUT2D eigenvalue weighted by Gasteiger charge is 2.16. The fraction of sp³-hybridized carbons (Fsp3) is 0.0909. The van der Waals surface area contributed by atoms with Crippen molar-refractivity contribution in [2.45, 2.75) is 0 Å². The Kier molecular flexibility index (Phi) is 2.45. The number of aromatic amines is 1. The molecule has 3 rings (SSSR count). The average Bonchev–Trinajstić information content (AvgIpc) is 3.02. The third-order valence-corrected chi connectivity index (χ3v) is 4.37. The zero-order valence-corrected chi connectivity index (χ0v) is 10.5. The lowest BCUT2D eigenvalue weighted by Crippen LogP contribution is -1.96. The normalized spacial score (nSPS) is 10.9. The van der Waals surface area contributed by atoms with Crippen molar-refractivity contribution in [2.75, 3.05) is 7.11 Å². The molecule has 4 nitrogen and oxygen atoms in total. The van der Waals surface area contributed by atoms with Gasteiger partial charge in [0.05, 0.1) is 22.2 Å². The molecule has 0 unspecified atom stereocenters. The Labute approximate surface area is 105 Å². The molecule has 0 spiro atoms. The molecule has 0 fully saturated rings. The van der Waals surface area contributed by atoms with Gasteiger partial charge in [0.15, 0.2) is 0 Å². The standard InChI is InChI=1S/C11H8N2O2S2/c1-15-11(14)8-5-6-10(17-8)9(13-12-6)7-3-2-4-16-7/h2-5H,1H3,(H,12,13). The van der Waals surface area contributed by atoms with Gasteiger partial charge in [-0.2, -0.15) is 5.10 Å². The minimum absolute atomic E-state index is 0.309. The molecule has 0 aromatic carbocycles. The molecule has 0 aliphatic rings. The summed E-state index contributed by atoms with van der Waals surface area (Å²) in [6.07, 6.45) is 0. The van der Waals surface area contributed by atoms with Gasteiger partial charge in [-0.25, -0.2) is 4.79 Å². The Hall–Kier alpha value is -1.66. The first-order valence-electron chi connectivity index (χ1n) is 4.89. The molecule has 86 valence electrons. The highest BCUT2D eigenvalue weighted by Crippen LogP contribution is 2.35. The molecule has 0 bridgehead atoms. The van der Waals surface area contributed by atoms with Crippen LogP contribution in [0.2, 0.25) is 0 Å². The van der Waals surface area contributed by atoms with Gasteiger partial charge < -0.3 is 4.74 Å². The minimum Gasteiger partial charge on any atom is -0.465 e. The number of nitrogens with one attached hydrogen (secondary N) is 1. The second-order valence-corrected chi connectivity index (χ2v) is 5.39. The molecule has 0 radical (unpaired) electrons. The van der Waals surface area contributed by atoms with Crippen LogP contribution in [0.1, 0.15) is 9.67 Å². The van der Waals surface area contributed by atoms with E-state index in [1.54, 1.807) is 17.4 Å². The Morgan fingerprint density at radius 2 is 2.41 bits per heavy atom. The average molecular weight is 264 g/mol. The summed E-state index contributed by atoms with van der Waals surface area (Å²) in [5.41, 5.74) is 1.77. The third-order valence-electron chi connectivity index (χ3n) is 2.38. The maximum absolute atomic E-state index is 11.4. The first kappa shape index (κ1) is 10.5. The van der Waals surface area contributed by atoms with Gasteiger partial charge in [-0.05, 0) is 17.5 Å². The van der Waals surface area contributed by atoms with Crippen LogP contribution in [0.5, 0.6) is 0 Å². The maximum atomic E-state index is 11.4. The van der Waals surface area contributed by atoms with Crippen LogP contribution in [0.25, 0.3) is 20.8 Å². The summed E-state index contributed by atoms with van der Waals surface area (Å²) in [6.45, 7) is 0. The molecule has 0 aliphatic heterocycles. The van der Waals surface area contributed by atoms with Crippen LogP contribution in [-0.4, -0.2) is 23.3 Å². The summed E-state index contributed by atoms with van der Waals surface area (Å²) in [5, 5.41) is 9.21.